The van der Waals surface area contributed by atoms with Crippen LogP contribution >= 0.6 is 11.6 Å². The van der Waals surface area contributed by atoms with Crippen molar-refractivity contribution in [1.82, 2.24) is 0 Å². The van der Waals surface area contributed by atoms with Gasteiger partial charge in [0.1, 0.15) is 12.2 Å². The summed E-state index contributed by atoms with van der Waals surface area (Å²) in [7, 11) is 0. The maximum Gasteiger partial charge on any atom is 0.415 e. The van der Waals surface area contributed by atoms with E-state index in [1.54, 1.807) is 24.0 Å². The highest BCUT2D eigenvalue weighted by molar-refractivity contribution is 6.33. The second-order valence-corrected chi connectivity index (χ2v) is 4.76. The minimum Gasteiger partial charge on any atom is -0.444 e. The van der Waals surface area contributed by atoms with Crippen LogP contribution in [0.1, 0.15) is 25.0 Å². The average molecular weight is 265 g/mol. The van der Waals surface area contributed by atoms with Gasteiger partial charge in [-0.2, -0.15) is 5.26 Å². The number of halogens is 1. The first-order valence-corrected chi connectivity index (χ1v) is 6.04. The van der Waals surface area contributed by atoms with E-state index >= 15 is 0 Å². The van der Waals surface area contributed by atoms with Crippen LogP contribution in [0.4, 0.5) is 10.5 Å². The SMILES string of the molecule is Cc1c(N2C(=O)O[C@H](C)[C@H]2C)ccc(C#N)c1Cl. The van der Waals surface area contributed by atoms with Crippen LogP contribution in [0.25, 0.3) is 0 Å². The predicted octanol–water partition coefficient (Wildman–Crippen LogP) is 3.25. The monoisotopic (exact) mass is 264 g/mol. The molecule has 1 aliphatic heterocycles. The summed E-state index contributed by atoms with van der Waals surface area (Å²) >= 11 is 6.11. The molecule has 1 aromatic carbocycles. The first kappa shape index (κ1) is 12.7. The van der Waals surface area contributed by atoms with Gasteiger partial charge in [-0.15, -0.1) is 0 Å². The highest BCUT2D eigenvalue weighted by atomic mass is 35.5. The molecule has 0 N–H and O–H groups in total. The molecule has 0 unspecified atom stereocenters. The standard InChI is InChI=1S/C13H13ClN2O2/c1-7-11(5-4-10(6-15)12(7)14)16-8(2)9(3)18-13(16)17/h4-5,8-9H,1-3H3/t8-,9-/m1/s1. The van der Waals surface area contributed by atoms with Crippen molar-refractivity contribution in [3.63, 3.8) is 0 Å². The lowest BCUT2D eigenvalue weighted by Crippen LogP contribution is -2.33. The molecule has 1 aliphatic rings. The highest BCUT2D eigenvalue weighted by Gasteiger charge is 2.37. The van der Waals surface area contributed by atoms with Crippen LogP contribution in [0.5, 0.6) is 0 Å². The average Bonchev–Trinajstić information content (AvgIpc) is 2.58. The van der Waals surface area contributed by atoms with Crippen LogP contribution in [0.2, 0.25) is 5.02 Å². The molecule has 1 fully saturated rings. The zero-order chi connectivity index (χ0) is 13.4. The highest BCUT2D eigenvalue weighted by Crippen LogP contribution is 2.34. The van der Waals surface area contributed by atoms with Crippen LogP contribution in [0.3, 0.4) is 0 Å². The summed E-state index contributed by atoms with van der Waals surface area (Å²) in [6.45, 7) is 5.56. The van der Waals surface area contributed by atoms with Gasteiger partial charge in [0.2, 0.25) is 0 Å². The number of carbonyl (C=O) groups is 1. The van der Waals surface area contributed by atoms with Crippen LogP contribution in [-0.4, -0.2) is 18.2 Å². The Morgan fingerprint density at radius 1 is 1.44 bits per heavy atom. The van der Waals surface area contributed by atoms with Crippen molar-refractivity contribution in [2.75, 3.05) is 4.90 Å². The van der Waals surface area contributed by atoms with Gasteiger partial charge in [0, 0.05) is 0 Å². The van der Waals surface area contributed by atoms with Gasteiger partial charge in [0.15, 0.2) is 0 Å². The van der Waals surface area contributed by atoms with Gasteiger partial charge in [0.25, 0.3) is 0 Å². The Balaban J connectivity index is 2.50. The summed E-state index contributed by atoms with van der Waals surface area (Å²) in [4.78, 5) is 13.4. The summed E-state index contributed by atoms with van der Waals surface area (Å²) in [6, 6.07) is 5.31. The van der Waals surface area contributed by atoms with E-state index in [0.29, 0.717) is 21.8 Å². The Morgan fingerprint density at radius 3 is 2.61 bits per heavy atom. The summed E-state index contributed by atoms with van der Waals surface area (Å²) < 4.78 is 5.17. The van der Waals surface area contributed by atoms with Gasteiger partial charge in [-0.1, -0.05) is 11.6 Å². The summed E-state index contributed by atoms with van der Waals surface area (Å²) in [6.07, 6.45) is -0.537. The third-order valence-electron chi connectivity index (χ3n) is 3.31. The van der Waals surface area contributed by atoms with Crippen LogP contribution in [0, 0.1) is 18.3 Å². The third kappa shape index (κ3) is 1.81. The number of cyclic esters (lactones) is 1. The number of rotatable bonds is 1. The molecule has 1 aromatic rings. The molecule has 1 saturated heterocycles. The first-order valence-electron chi connectivity index (χ1n) is 5.66. The number of ether oxygens (including phenoxy) is 1. The maximum absolute atomic E-state index is 11.8. The summed E-state index contributed by atoms with van der Waals surface area (Å²) in [5.74, 6) is 0. The number of nitrogens with zero attached hydrogens (tertiary/aromatic N) is 2. The number of carbonyl (C=O) groups excluding carboxylic acids is 1. The largest absolute Gasteiger partial charge is 0.444 e. The lowest BCUT2D eigenvalue weighted by atomic mass is 10.1. The van der Waals surface area contributed by atoms with Crippen LogP contribution < -0.4 is 4.90 Å². The number of benzene rings is 1. The molecule has 0 radical (unpaired) electrons. The van der Waals surface area contributed by atoms with Crippen molar-refractivity contribution in [2.24, 2.45) is 0 Å². The number of hydrogen-bond acceptors (Lipinski definition) is 3. The molecule has 1 heterocycles. The predicted molar refractivity (Wildman–Crippen MR) is 68.8 cm³/mol. The Hall–Kier alpha value is -1.73. The molecular weight excluding hydrogens is 252 g/mol. The molecule has 1 amide bonds. The van der Waals surface area contributed by atoms with Crippen molar-refractivity contribution in [1.29, 1.82) is 5.26 Å². The Morgan fingerprint density at radius 2 is 2.11 bits per heavy atom. The summed E-state index contributed by atoms with van der Waals surface area (Å²) in [5.41, 5.74) is 1.82. The maximum atomic E-state index is 11.8. The second kappa shape index (κ2) is 4.51. The number of anilines is 1. The van der Waals surface area contributed by atoms with Crippen molar-refractivity contribution in [3.05, 3.63) is 28.3 Å². The van der Waals surface area contributed by atoms with Gasteiger partial charge in [-0.3, -0.25) is 4.90 Å². The third-order valence-corrected chi connectivity index (χ3v) is 3.79. The fraction of sp³-hybridized carbons (Fsp3) is 0.385. The van der Waals surface area contributed by atoms with Crippen molar-refractivity contribution >= 4 is 23.4 Å². The van der Waals surface area contributed by atoms with Crippen LogP contribution in [-0.2, 0) is 4.74 Å². The van der Waals surface area contributed by atoms with E-state index in [-0.39, 0.29) is 18.2 Å². The van der Waals surface area contributed by atoms with E-state index in [0.717, 1.165) is 0 Å². The Labute approximate surface area is 111 Å². The minimum absolute atomic E-state index is 0.0554. The first-order chi connectivity index (χ1) is 8.47. The normalized spacial score (nSPS) is 22.8. The minimum atomic E-state index is -0.376. The molecule has 0 aliphatic carbocycles. The van der Waals surface area contributed by atoms with E-state index in [1.807, 2.05) is 19.9 Å². The molecule has 4 nitrogen and oxygen atoms in total. The van der Waals surface area contributed by atoms with Crippen molar-refractivity contribution in [2.45, 2.75) is 32.9 Å². The number of hydrogen-bond donors (Lipinski definition) is 0. The van der Waals surface area contributed by atoms with Crippen molar-refractivity contribution < 1.29 is 9.53 Å². The fourth-order valence-electron chi connectivity index (χ4n) is 2.03. The smallest absolute Gasteiger partial charge is 0.415 e. The fourth-order valence-corrected chi connectivity index (χ4v) is 2.23. The van der Waals surface area contributed by atoms with Gasteiger partial charge >= 0.3 is 6.09 Å². The van der Waals surface area contributed by atoms with Gasteiger partial charge in [-0.05, 0) is 38.5 Å². The molecule has 2 rings (SSSR count). The van der Waals surface area contributed by atoms with Crippen molar-refractivity contribution in [3.8, 4) is 6.07 Å². The Kier molecular flexibility index (Phi) is 3.18. The van der Waals surface area contributed by atoms with Gasteiger partial charge in [-0.25, -0.2) is 4.79 Å². The lowest BCUT2D eigenvalue weighted by molar-refractivity contribution is 0.143. The van der Waals surface area contributed by atoms with Gasteiger partial charge < -0.3 is 4.74 Å². The van der Waals surface area contributed by atoms with E-state index in [2.05, 4.69) is 0 Å². The molecule has 0 aromatic heterocycles. The molecule has 0 saturated carbocycles. The van der Waals surface area contributed by atoms with E-state index in [4.69, 9.17) is 21.6 Å². The molecule has 0 spiro atoms. The second-order valence-electron chi connectivity index (χ2n) is 4.38. The number of amides is 1. The molecule has 94 valence electrons. The molecule has 0 bridgehead atoms. The molecule has 5 heteroatoms. The van der Waals surface area contributed by atoms with E-state index < -0.39 is 0 Å². The molecular formula is C13H13ClN2O2. The summed E-state index contributed by atoms with van der Waals surface area (Å²) in [5, 5.41) is 9.29. The van der Waals surface area contributed by atoms with Crippen LogP contribution in [0.15, 0.2) is 12.1 Å². The topological polar surface area (TPSA) is 53.3 Å². The zero-order valence-corrected chi connectivity index (χ0v) is 11.2. The number of nitriles is 1. The van der Waals surface area contributed by atoms with E-state index in [1.165, 1.54) is 0 Å². The quantitative estimate of drug-likeness (QED) is 0.782. The molecule has 2 atom stereocenters. The van der Waals surface area contributed by atoms with Gasteiger partial charge in [0.05, 0.1) is 22.3 Å². The van der Waals surface area contributed by atoms with E-state index in [9.17, 15) is 4.79 Å². The zero-order valence-electron chi connectivity index (χ0n) is 10.4. The Bertz CT molecular complexity index is 551. The molecule has 18 heavy (non-hydrogen) atoms. The lowest BCUT2D eigenvalue weighted by Gasteiger charge is -2.22.